The fourth-order valence-corrected chi connectivity index (χ4v) is 3.10. The molecule has 0 spiro atoms. The first-order chi connectivity index (χ1) is 12.7. The molecule has 0 atom stereocenters. The second kappa shape index (κ2) is 7.06. The van der Waals surface area contributed by atoms with Gasteiger partial charge >= 0.3 is 0 Å². The van der Waals surface area contributed by atoms with E-state index in [9.17, 15) is 4.79 Å². The number of fused-ring (bicyclic) bond motifs is 1. The Kier molecular flexibility index (Phi) is 4.46. The van der Waals surface area contributed by atoms with Crippen LogP contribution in [0.25, 0.3) is 22.4 Å². The molecule has 0 bridgehead atoms. The fourth-order valence-electron chi connectivity index (χ4n) is 2.88. The van der Waals surface area contributed by atoms with E-state index in [1.54, 1.807) is 12.3 Å². The van der Waals surface area contributed by atoms with Gasteiger partial charge < -0.3 is 14.3 Å². The molecule has 2 aromatic heterocycles. The number of hydrogen-bond donors (Lipinski definition) is 1. The Bertz CT molecular complexity index is 1050. The van der Waals surface area contributed by atoms with Gasteiger partial charge in [-0.2, -0.15) is 0 Å². The quantitative estimate of drug-likeness (QED) is 0.574. The molecule has 2 heterocycles. The molecule has 2 aromatic carbocycles. The predicted octanol–water partition coefficient (Wildman–Crippen LogP) is 4.27. The lowest BCUT2D eigenvalue weighted by molar-refractivity contribution is -0.121. The molecule has 0 aliphatic carbocycles. The minimum atomic E-state index is -0.127. The number of nitrogens with one attached hydrogen (secondary N) is 1. The van der Waals surface area contributed by atoms with Crippen LogP contribution in [0.15, 0.2) is 71.3 Å². The number of nitrogens with zero attached hydrogens (tertiary/aromatic N) is 2. The number of imidazole rings is 1. The molecule has 0 aliphatic heterocycles. The molecule has 1 N–H and O–H groups in total. The molecule has 4 rings (SSSR count). The number of furan rings is 1. The number of rotatable bonds is 5. The Morgan fingerprint density at radius 2 is 1.88 bits per heavy atom. The van der Waals surface area contributed by atoms with Crippen molar-refractivity contribution in [3.63, 3.8) is 0 Å². The lowest BCUT2D eigenvalue weighted by Gasteiger charge is -2.10. The van der Waals surface area contributed by atoms with Gasteiger partial charge in [-0.3, -0.25) is 4.79 Å². The molecule has 0 saturated heterocycles. The first-order valence-electron chi connectivity index (χ1n) is 8.21. The van der Waals surface area contributed by atoms with Gasteiger partial charge in [0.2, 0.25) is 5.91 Å². The molecule has 26 heavy (non-hydrogen) atoms. The zero-order valence-corrected chi connectivity index (χ0v) is 14.6. The molecule has 6 heteroatoms. The zero-order valence-electron chi connectivity index (χ0n) is 13.9. The van der Waals surface area contributed by atoms with E-state index in [1.165, 1.54) is 0 Å². The summed E-state index contributed by atoms with van der Waals surface area (Å²) in [5.74, 6) is 1.25. The molecule has 0 radical (unpaired) electrons. The Morgan fingerprint density at radius 1 is 1.08 bits per heavy atom. The molecule has 0 saturated carbocycles. The third-order valence-electron chi connectivity index (χ3n) is 4.11. The molecular formula is C20H16ClN3O2. The Balaban J connectivity index is 1.68. The van der Waals surface area contributed by atoms with Crippen LogP contribution in [0.5, 0.6) is 0 Å². The average Bonchev–Trinajstić information content (AvgIpc) is 3.29. The fraction of sp³-hybridized carbons (Fsp3) is 0.100. The maximum absolute atomic E-state index is 12.5. The van der Waals surface area contributed by atoms with Crippen molar-refractivity contribution in [3.8, 4) is 11.4 Å². The van der Waals surface area contributed by atoms with Crippen molar-refractivity contribution >= 4 is 28.5 Å². The van der Waals surface area contributed by atoms with E-state index in [0.717, 1.165) is 16.6 Å². The molecule has 5 nitrogen and oxygen atoms in total. The van der Waals surface area contributed by atoms with Gasteiger partial charge in [0, 0.05) is 5.56 Å². The van der Waals surface area contributed by atoms with E-state index in [2.05, 4.69) is 10.3 Å². The van der Waals surface area contributed by atoms with Crippen LogP contribution in [0.2, 0.25) is 5.02 Å². The van der Waals surface area contributed by atoms with Gasteiger partial charge in [-0.05, 0) is 36.4 Å². The number of benzene rings is 2. The Labute approximate surface area is 155 Å². The molecule has 0 aliphatic rings. The van der Waals surface area contributed by atoms with E-state index in [4.69, 9.17) is 16.0 Å². The highest BCUT2D eigenvalue weighted by Gasteiger charge is 2.16. The van der Waals surface area contributed by atoms with Crippen LogP contribution in [0.1, 0.15) is 5.76 Å². The molecule has 130 valence electrons. The number of hydrogen-bond acceptors (Lipinski definition) is 3. The summed E-state index contributed by atoms with van der Waals surface area (Å²) in [7, 11) is 0. The molecule has 4 aromatic rings. The van der Waals surface area contributed by atoms with Crippen molar-refractivity contribution < 1.29 is 9.21 Å². The first kappa shape index (κ1) is 16.4. The molecule has 0 unspecified atom stereocenters. The van der Waals surface area contributed by atoms with E-state index in [1.807, 2.05) is 59.2 Å². The highest BCUT2D eigenvalue weighted by molar-refractivity contribution is 6.33. The normalized spacial score (nSPS) is 11.0. The van der Waals surface area contributed by atoms with Crippen molar-refractivity contribution in [2.24, 2.45) is 0 Å². The monoisotopic (exact) mass is 365 g/mol. The predicted molar refractivity (Wildman–Crippen MR) is 101 cm³/mol. The third-order valence-corrected chi connectivity index (χ3v) is 4.44. The number of carbonyl (C=O) groups is 1. The summed E-state index contributed by atoms with van der Waals surface area (Å²) >= 11 is 6.36. The van der Waals surface area contributed by atoms with Crippen molar-refractivity contribution in [1.82, 2.24) is 14.9 Å². The lowest BCUT2D eigenvalue weighted by Crippen LogP contribution is -2.27. The second-order valence-electron chi connectivity index (χ2n) is 5.85. The number of amides is 1. The van der Waals surface area contributed by atoms with Crippen molar-refractivity contribution in [2.45, 2.75) is 13.1 Å². The highest BCUT2D eigenvalue weighted by Crippen LogP contribution is 2.30. The number of aromatic nitrogens is 2. The standard InChI is InChI=1S/C20H16ClN3O2/c21-16-8-2-1-7-15(16)20-23-17-9-3-4-10-18(17)24(20)13-19(25)22-12-14-6-5-11-26-14/h1-11H,12-13H2,(H,22,25). The summed E-state index contributed by atoms with van der Waals surface area (Å²) < 4.78 is 7.13. The van der Waals surface area contributed by atoms with E-state index < -0.39 is 0 Å². The van der Waals surface area contributed by atoms with Crippen LogP contribution in [-0.4, -0.2) is 15.5 Å². The van der Waals surface area contributed by atoms with Gasteiger partial charge in [0.15, 0.2) is 0 Å². The van der Waals surface area contributed by atoms with Crippen LogP contribution in [0.3, 0.4) is 0 Å². The summed E-state index contributed by atoms with van der Waals surface area (Å²) in [6, 6.07) is 18.8. The van der Waals surface area contributed by atoms with Gasteiger partial charge in [0.1, 0.15) is 18.1 Å². The Morgan fingerprint density at radius 3 is 2.69 bits per heavy atom. The zero-order chi connectivity index (χ0) is 17.9. The maximum Gasteiger partial charge on any atom is 0.240 e. The minimum absolute atomic E-state index is 0.127. The second-order valence-corrected chi connectivity index (χ2v) is 6.25. The number of para-hydroxylation sites is 2. The van der Waals surface area contributed by atoms with Crippen LogP contribution in [0.4, 0.5) is 0 Å². The number of carbonyl (C=O) groups excluding carboxylic acids is 1. The van der Waals surface area contributed by atoms with Crippen LogP contribution in [0, 0.1) is 0 Å². The summed E-state index contributed by atoms with van der Waals surface area (Å²) in [5.41, 5.74) is 2.50. The SMILES string of the molecule is O=C(Cn1c(-c2ccccc2Cl)nc2ccccc21)NCc1ccco1. The molecular weight excluding hydrogens is 350 g/mol. The third kappa shape index (κ3) is 3.21. The van der Waals surface area contributed by atoms with Crippen LogP contribution >= 0.6 is 11.6 Å². The van der Waals surface area contributed by atoms with Crippen LogP contribution in [-0.2, 0) is 17.9 Å². The average molecular weight is 366 g/mol. The topological polar surface area (TPSA) is 60.1 Å². The number of halogens is 1. The van der Waals surface area contributed by atoms with E-state index in [-0.39, 0.29) is 12.5 Å². The molecule has 0 fully saturated rings. The van der Waals surface area contributed by atoms with Crippen molar-refractivity contribution in [2.75, 3.05) is 0 Å². The lowest BCUT2D eigenvalue weighted by atomic mass is 10.2. The smallest absolute Gasteiger partial charge is 0.240 e. The largest absolute Gasteiger partial charge is 0.467 e. The van der Waals surface area contributed by atoms with E-state index in [0.29, 0.717) is 23.2 Å². The van der Waals surface area contributed by atoms with E-state index >= 15 is 0 Å². The van der Waals surface area contributed by atoms with Crippen molar-refractivity contribution in [3.05, 3.63) is 77.7 Å². The van der Waals surface area contributed by atoms with Crippen LogP contribution < -0.4 is 5.32 Å². The van der Waals surface area contributed by atoms with Gasteiger partial charge in [-0.15, -0.1) is 0 Å². The summed E-state index contributed by atoms with van der Waals surface area (Å²) in [6.07, 6.45) is 1.58. The van der Waals surface area contributed by atoms with Gasteiger partial charge in [-0.25, -0.2) is 4.98 Å². The molecule has 1 amide bonds. The van der Waals surface area contributed by atoms with Gasteiger partial charge in [-0.1, -0.05) is 35.9 Å². The minimum Gasteiger partial charge on any atom is -0.467 e. The summed E-state index contributed by atoms with van der Waals surface area (Å²) in [6.45, 7) is 0.488. The Hall–Kier alpha value is -3.05. The van der Waals surface area contributed by atoms with Crippen molar-refractivity contribution in [1.29, 1.82) is 0 Å². The van der Waals surface area contributed by atoms with Gasteiger partial charge in [0.05, 0.1) is 28.9 Å². The first-order valence-corrected chi connectivity index (χ1v) is 8.59. The highest BCUT2D eigenvalue weighted by atomic mass is 35.5. The summed E-state index contributed by atoms with van der Waals surface area (Å²) in [5, 5.41) is 3.46. The maximum atomic E-state index is 12.5. The van der Waals surface area contributed by atoms with Gasteiger partial charge in [0.25, 0.3) is 0 Å². The summed E-state index contributed by atoms with van der Waals surface area (Å²) in [4.78, 5) is 17.2.